The molecule has 0 aromatic heterocycles. The van der Waals surface area contributed by atoms with Gasteiger partial charge in [-0.3, -0.25) is 0 Å². The van der Waals surface area contributed by atoms with E-state index in [0.717, 1.165) is 32.7 Å². The van der Waals surface area contributed by atoms with Crippen molar-refractivity contribution in [3.63, 3.8) is 0 Å². The Kier molecular flexibility index (Phi) is 4.70. The SMILES string of the molecule is COCC(C)CC(N)C1CCOC1. The first-order chi connectivity index (χ1) is 6.24. The smallest absolute Gasteiger partial charge is 0.0509 e. The zero-order valence-electron chi connectivity index (χ0n) is 8.66. The molecule has 1 heterocycles. The minimum Gasteiger partial charge on any atom is -0.384 e. The van der Waals surface area contributed by atoms with E-state index in [-0.39, 0.29) is 6.04 Å². The maximum Gasteiger partial charge on any atom is 0.0509 e. The van der Waals surface area contributed by atoms with Gasteiger partial charge in [0.2, 0.25) is 0 Å². The summed E-state index contributed by atoms with van der Waals surface area (Å²) >= 11 is 0. The Labute approximate surface area is 80.6 Å². The highest BCUT2D eigenvalue weighted by atomic mass is 16.5. The maximum absolute atomic E-state index is 6.07. The summed E-state index contributed by atoms with van der Waals surface area (Å²) in [7, 11) is 1.74. The molecule has 1 rings (SSSR count). The van der Waals surface area contributed by atoms with Crippen LogP contribution in [0.15, 0.2) is 0 Å². The van der Waals surface area contributed by atoms with Crippen LogP contribution >= 0.6 is 0 Å². The van der Waals surface area contributed by atoms with Crippen molar-refractivity contribution in [2.75, 3.05) is 26.9 Å². The predicted octanol–water partition coefficient (Wildman–Crippen LogP) is 1.02. The lowest BCUT2D eigenvalue weighted by Gasteiger charge is -2.20. The van der Waals surface area contributed by atoms with E-state index in [0.29, 0.717) is 11.8 Å². The van der Waals surface area contributed by atoms with Gasteiger partial charge in [-0.25, -0.2) is 0 Å². The summed E-state index contributed by atoms with van der Waals surface area (Å²) in [5.41, 5.74) is 6.07. The molecule has 0 radical (unpaired) electrons. The van der Waals surface area contributed by atoms with Crippen molar-refractivity contribution in [2.45, 2.75) is 25.8 Å². The molecular formula is C10H21NO2. The molecule has 1 fully saturated rings. The average Bonchev–Trinajstić information content (AvgIpc) is 2.55. The van der Waals surface area contributed by atoms with Crippen molar-refractivity contribution in [1.82, 2.24) is 0 Å². The second-order valence-corrected chi connectivity index (χ2v) is 4.08. The van der Waals surface area contributed by atoms with Crippen LogP contribution in [-0.2, 0) is 9.47 Å². The second kappa shape index (κ2) is 5.58. The molecular weight excluding hydrogens is 166 g/mol. The van der Waals surface area contributed by atoms with Crippen LogP contribution in [0.25, 0.3) is 0 Å². The van der Waals surface area contributed by atoms with Gasteiger partial charge in [0.1, 0.15) is 0 Å². The molecule has 3 unspecified atom stereocenters. The number of ether oxygens (including phenoxy) is 2. The van der Waals surface area contributed by atoms with Crippen LogP contribution in [0.2, 0.25) is 0 Å². The largest absolute Gasteiger partial charge is 0.384 e. The van der Waals surface area contributed by atoms with Gasteiger partial charge in [0, 0.05) is 26.4 Å². The molecule has 0 aromatic carbocycles. The first-order valence-electron chi connectivity index (χ1n) is 5.06. The third kappa shape index (κ3) is 3.63. The minimum atomic E-state index is 0.285. The van der Waals surface area contributed by atoms with Crippen molar-refractivity contribution in [3.05, 3.63) is 0 Å². The number of rotatable bonds is 5. The summed E-state index contributed by atoms with van der Waals surface area (Å²) in [6, 6.07) is 0.285. The zero-order valence-corrected chi connectivity index (χ0v) is 8.66. The van der Waals surface area contributed by atoms with Crippen molar-refractivity contribution >= 4 is 0 Å². The van der Waals surface area contributed by atoms with Gasteiger partial charge in [-0.2, -0.15) is 0 Å². The van der Waals surface area contributed by atoms with Gasteiger partial charge in [-0.05, 0) is 24.7 Å². The molecule has 78 valence electrons. The Balaban J connectivity index is 2.18. The first-order valence-corrected chi connectivity index (χ1v) is 5.06. The molecule has 0 aromatic rings. The van der Waals surface area contributed by atoms with Gasteiger partial charge in [0.05, 0.1) is 6.61 Å². The fraction of sp³-hybridized carbons (Fsp3) is 1.00. The Morgan fingerprint density at radius 1 is 1.62 bits per heavy atom. The summed E-state index contributed by atoms with van der Waals surface area (Å²) in [4.78, 5) is 0. The summed E-state index contributed by atoms with van der Waals surface area (Å²) < 4.78 is 10.4. The van der Waals surface area contributed by atoms with Crippen LogP contribution in [0.3, 0.4) is 0 Å². The average molecular weight is 187 g/mol. The van der Waals surface area contributed by atoms with Crippen molar-refractivity contribution < 1.29 is 9.47 Å². The van der Waals surface area contributed by atoms with Crippen LogP contribution in [0, 0.1) is 11.8 Å². The van der Waals surface area contributed by atoms with Crippen molar-refractivity contribution in [2.24, 2.45) is 17.6 Å². The predicted molar refractivity (Wildman–Crippen MR) is 52.6 cm³/mol. The van der Waals surface area contributed by atoms with E-state index in [9.17, 15) is 0 Å². The molecule has 13 heavy (non-hydrogen) atoms. The fourth-order valence-electron chi connectivity index (χ4n) is 1.90. The normalized spacial score (nSPS) is 27.5. The van der Waals surface area contributed by atoms with Crippen LogP contribution in [0.4, 0.5) is 0 Å². The van der Waals surface area contributed by atoms with Crippen LogP contribution in [0.1, 0.15) is 19.8 Å². The molecule has 1 aliphatic rings. The number of nitrogens with two attached hydrogens (primary N) is 1. The van der Waals surface area contributed by atoms with E-state index in [1.165, 1.54) is 0 Å². The van der Waals surface area contributed by atoms with Gasteiger partial charge < -0.3 is 15.2 Å². The van der Waals surface area contributed by atoms with Crippen LogP contribution < -0.4 is 5.73 Å². The van der Waals surface area contributed by atoms with E-state index in [1.807, 2.05) is 0 Å². The standard InChI is InChI=1S/C10H21NO2/c1-8(6-12-2)5-10(11)9-3-4-13-7-9/h8-10H,3-7,11H2,1-2H3. The van der Waals surface area contributed by atoms with Crippen molar-refractivity contribution in [1.29, 1.82) is 0 Å². The maximum atomic E-state index is 6.07. The second-order valence-electron chi connectivity index (χ2n) is 4.08. The van der Waals surface area contributed by atoms with Gasteiger partial charge in [0.25, 0.3) is 0 Å². The van der Waals surface area contributed by atoms with E-state index in [2.05, 4.69) is 6.92 Å². The Morgan fingerprint density at radius 3 is 2.92 bits per heavy atom. The summed E-state index contributed by atoms with van der Waals surface area (Å²) in [5, 5.41) is 0. The number of hydrogen-bond donors (Lipinski definition) is 1. The summed E-state index contributed by atoms with van der Waals surface area (Å²) in [6.45, 7) is 4.72. The van der Waals surface area contributed by atoms with Crippen LogP contribution in [-0.4, -0.2) is 33.0 Å². The van der Waals surface area contributed by atoms with Crippen molar-refractivity contribution in [3.8, 4) is 0 Å². The Bertz CT molecular complexity index is 135. The summed E-state index contributed by atoms with van der Waals surface area (Å²) in [5.74, 6) is 1.12. The van der Waals surface area contributed by atoms with E-state index in [4.69, 9.17) is 15.2 Å². The molecule has 0 bridgehead atoms. The molecule has 0 saturated carbocycles. The van der Waals surface area contributed by atoms with Gasteiger partial charge in [-0.15, -0.1) is 0 Å². The van der Waals surface area contributed by atoms with E-state index in [1.54, 1.807) is 7.11 Å². The molecule has 0 spiro atoms. The topological polar surface area (TPSA) is 44.5 Å². The molecule has 0 aliphatic carbocycles. The molecule has 3 heteroatoms. The highest BCUT2D eigenvalue weighted by molar-refractivity contribution is 4.77. The fourth-order valence-corrected chi connectivity index (χ4v) is 1.90. The zero-order chi connectivity index (χ0) is 9.68. The van der Waals surface area contributed by atoms with E-state index < -0.39 is 0 Å². The number of hydrogen-bond acceptors (Lipinski definition) is 3. The van der Waals surface area contributed by atoms with Crippen LogP contribution in [0.5, 0.6) is 0 Å². The third-order valence-corrected chi connectivity index (χ3v) is 2.70. The first kappa shape index (κ1) is 11.0. The minimum absolute atomic E-state index is 0.285. The Morgan fingerprint density at radius 2 is 2.38 bits per heavy atom. The van der Waals surface area contributed by atoms with Gasteiger partial charge in [-0.1, -0.05) is 6.92 Å². The molecule has 0 amide bonds. The highest BCUT2D eigenvalue weighted by Crippen LogP contribution is 2.20. The van der Waals surface area contributed by atoms with Gasteiger partial charge >= 0.3 is 0 Å². The van der Waals surface area contributed by atoms with E-state index >= 15 is 0 Å². The molecule has 3 nitrogen and oxygen atoms in total. The highest BCUT2D eigenvalue weighted by Gasteiger charge is 2.23. The summed E-state index contributed by atoms with van der Waals surface area (Å²) in [6.07, 6.45) is 2.17. The molecule has 1 aliphatic heterocycles. The number of methoxy groups -OCH3 is 1. The Hall–Kier alpha value is -0.120. The van der Waals surface area contributed by atoms with Gasteiger partial charge in [0.15, 0.2) is 0 Å². The third-order valence-electron chi connectivity index (χ3n) is 2.70. The lowest BCUT2D eigenvalue weighted by Crippen LogP contribution is -2.32. The lowest BCUT2D eigenvalue weighted by molar-refractivity contribution is 0.142. The lowest BCUT2D eigenvalue weighted by atomic mass is 9.92. The molecule has 1 saturated heterocycles. The monoisotopic (exact) mass is 187 g/mol. The quantitative estimate of drug-likeness (QED) is 0.699. The molecule has 3 atom stereocenters. The molecule has 2 N–H and O–H groups in total.